The summed E-state index contributed by atoms with van der Waals surface area (Å²) in [6, 6.07) is 1.31. The monoisotopic (exact) mass is 221 g/mol. The molecule has 0 saturated carbocycles. The van der Waals surface area contributed by atoms with Crippen LogP contribution in [0.3, 0.4) is 0 Å². The van der Waals surface area contributed by atoms with Crippen LogP contribution in [0.2, 0.25) is 0 Å². The zero-order valence-corrected chi connectivity index (χ0v) is 10.2. The first-order valence-corrected chi connectivity index (χ1v) is 5.29. The van der Waals surface area contributed by atoms with Crippen LogP contribution >= 0.6 is 0 Å². The molecule has 0 aromatic carbocycles. The van der Waals surface area contributed by atoms with Gasteiger partial charge >= 0.3 is 0 Å². The topological polar surface area (TPSA) is 68.0 Å². The number of hydrogen-bond acceptors (Lipinski definition) is 3. The molecule has 0 fully saturated rings. The molecule has 1 aromatic rings. The molecular formula is C12H19N3O. The molecule has 0 aliphatic rings. The van der Waals surface area contributed by atoms with E-state index in [1.54, 1.807) is 12.4 Å². The number of hydrogen-bond donors (Lipinski definition) is 2. The Bertz CT molecular complexity index is 382. The van der Waals surface area contributed by atoms with E-state index >= 15 is 0 Å². The number of anilines is 1. The number of carbonyl (C=O) groups excluding carboxylic acids is 1. The Morgan fingerprint density at radius 2 is 2.12 bits per heavy atom. The summed E-state index contributed by atoms with van der Waals surface area (Å²) in [6.45, 7) is 7.73. The maximum absolute atomic E-state index is 11.8. The van der Waals surface area contributed by atoms with Crippen LogP contribution in [0, 0.1) is 12.3 Å². The second kappa shape index (κ2) is 4.61. The molecule has 1 amide bonds. The van der Waals surface area contributed by atoms with Gasteiger partial charge in [-0.25, -0.2) is 0 Å². The van der Waals surface area contributed by atoms with Crippen LogP contribution in [0.4, 0.5) is 5.69 Å². The Morgan fingerprint density at radius 3 is 2.62 bits per heavy atom. The van der Waals surface area contributed by atoms with Crippen molar-refractivity contribution >= 4 is 11.6 Å². The van der Waals surface area contributed by atoms with E-state index in [2.05, 4.69) is 10.3 Å². The Hall–Kier alpha value is -1.42. The maximum atomic E-state index is 11.8. The molecule has 1 heterocycles. The number of pyridine rings is 1. The lowest BCUT2D eigenvalue weighted by atomic mass is 9.87. The molecule has 3 N–H and O–H groups in total. The molecule has 0 aliphatic heterocycles. The van der Waals surface area contributed by atoms with Crippen LogP contribution < -0.4 is 11.1 Å². The standard InChI is InChI=1S/C12H19N3O/c1-8-5-6-14-7-9(8)15-11(16)10(13)12(2,3)4/h5-7,10H,13H2,1-4H3,(H,15,16). The number of amides is 1. The van der Waals surface area contributed by atoms with Gasteiger partial charge in [0, 0.05) is 6.20 Å². The average molecular weight is 221 g/mol. The zero-order valence-electron chi connectivity index (χ0n) is 10.2. The van der Waals surface area contributed by atoms with Gasteiger partial charge in [0.25, 0.3) is 0 Å². The van der Waals surface area contributed by atoms with Gasteiger partial charge in [-0.05, 0) is 24.0 Å². The van der Waals surface area contributed by atoms with E-state index in [-0.39, 0.29) is 11.3 Å². The summed E-state index contributed by atoms with van der Waals surface area (Å²) in [5.41, 5.74) is 7.30. The van der Waals surface area contributed by atoms with Crippen molar-refractivity contribution in [1.29, 1.82) is 0 Å². The second-order valence-corrected chi connectivity index (χ2v) is 5.02. The Balaban J connectivity index is 2.76. The highest BCUT2D eigenvalue weighted by Crippen LogP contribution is 2.19. The van der Waals surface area contributed by atoms with E-state index in [1.807, 2.05) is 33.8 Å². The van der Waals surface area contributed by atoms with E-state index in [1.165, 1.54) is 0 Å². The van der Waals surface area contributed by atoms with Gasteiger partial charge in [-0.2, -0.15) is 0 Å². The number of carbonyl (C=O) groups is 1. The number of aromatic nitrogens is 1. The van der Waals surface area contributed by atoms with Crippen LogP contribution in [0.1, 0.15) is 26.3 Å². The molecule has 1 unspecified atom stereocenters. The molecule has 0 saturated heterocycles. The summed E-state index contributed by atoms with van der Waals surface area (Å²) in [4.78, 5) is 15.8. The number of rotatable bonds is 2. The highest BCUT2D eigenvalue weighted by atomic mass is 16.2. The number of nitrogens with zero attached hydrogens (tertiary/aromatic N) is 1. The van der Waals surface area contributed by atoms with Crippen molar-refractivity contribution in [2.45, 2.75) is 33.7 Å². The van der Waals surface area contributed by atoms with Crippen LogP contribution in [0.5, 0.6) is 0 Å². The summed E-state index contributed by atoms with van der Waals surface area (Å²) in [7, 11) is 0. The van der Waals surface area contributed by atoms with E-state index in [0.717, 1.165) is 5.56 Å². The van der Waals surface area contributed by atoms with E-state index in [0.29, 0.717) is 5.69 Å². The van der Waals surface area contributed by atoms with Gasteiger partial charge in [0.2, 0.25) is 5.91 Å². The summed E-state index contributed by atoms with van der Waals surface area (Å²) in [5.74, 6) is -0.177. The van der Waals surface area contributed by atoms with Crippen molar-refractivity contribution in [3.05, 3.63) is 24.0 Å². The van der Waals surface area contributed by atoms with E-state index in [9.17, 15) is 4.79 Å². The van der Waals surface area contributed by atoms with E-state index in [4.69, 9.17) is 5.73 Å². The lowest BCUT2D eigenvalue weighted by Crippen LogP contribution is -2.45. The first-order valence-electron chi connectivity index (χ1n) is 5.29. The molecule has 0 aliphatic carbocycles. The Labute approximate surface area is 96.3 Å². The largest absolute Gasteiger partial charge is 0.323 e. The van der Waals surface area contributed by atoms with Crippen molar-refractivity contribution in [2.24, 2.45) is 11.1 Å². The molecule has 0 bridgehead atoms. The van der Waals surface area contributed by atoms with Gasteiger partial charge in [-0.15, -0.1) is 0 Å². The minimum Gasteiger partial charge on any atom is -0.323 e. The molecule has 0 spiro atoms. The fourth-order valence-corrected chi connectivity index (χ4v) is 1.20. The molecule has 0 radical (unpaired) electrons. The van der Waals surface area contributed by atoms with E-state index < -0.39 is 6.04 Å². The van der Waals surface area contributed by atoms with Gasteiger partial charge in [0.05, 0.1) is 17.9 Å². The minimum atomic E-state index is -0.535. The Kier molecular flexibility index (Phi) is 3.65. The third-order valence-electron chi connectivity index (χ3n) is 2.51. The van der Waals surface area contributed by atoms with Gasteiger partial charge in [0.1, 0.15) is 0 Å². The quantitative estimate of drug-likeness (QED) is 0.798. The fourth-order valence-electron chi connectivity index (χ4n) is 1.20. The van der Waals surface area contributed by atoms with Crippen LogP contribution in [0.15, 0.2) is 18.5 Å². The van der Waals surface area contributed by atoms with Crippen LogP contribution in [-0.2, 0) is 4.79 Å². The molecule has 4 heteroatoms. The van der Waals surface area contributed by atoms with Crippen molar-refractivity contribution in [2.75, 3.05) is 5.32 Å². The fraction of sp³-hybridized carbons (Fsp3) is 0.500. The predicted octanol–water partition coefficient (Wildman–Crippen LogP) is 1.70. The predicted molar refractivity (Wildman–Crippen MR) is 65.0 cm³/mol. The lowest BCUT2D eigenvalue weighted by molar-refractivity contribution is -0.119. The summed E-state index contributed by atoms with van der Waals surface area (Å²) in [5, 5.41) is 2.79. The third-order valence-corrected chi connectivity index (χ3v) is 2.51. The summed E-state index contributed by atoms with van der Waals surface area (Å²) in [6.07, 6.45) is 3.32. The third kappa shape index (κ3) is 3.03. The van der Waals surface area contributed by atoms with Gasteiger partial charge in [0.15, 0.2) is 0 Å². The van der Waals surface area contributed by atoms with Crippen molar-refractivity contribution in [1.82, 2.24) is 4.98 Å². The maximum Gasteiger partial charge on any atom is 0.241 e. The normalized spacial score (nSPS) is 13.3. The van der Waals surface area contributed by atoms with Crippen LogP contribution in [-0.4, -0.2) is 16.9 Å². The van der Waals surface area contributed by atoms with Crippen molar-refractivity contribution < 1.29 is 4.79 Å². The first-order chi connectivity index (χ1) is 7.32. The highest BCUT2D eigenvalue weighted by molar-refractivity contribution is 5.95. The minimum absolute atomic E-state index is 0.177. The zero-order chi connectivity index (χ0) is 12.3. The van der Waals surface area contributed by atoms with Crippen molar-refractivity contribution in [3.63, 3.8) is 0 Å². The van der Waals surface area contributed by atoms with Gasteiger partial charge in [-0.3, -0.25) is 9.78 Å². The molecule has 1 aromatic heterocycles. The Morgan fingerprint density at radius 1 is 1.50 bits per heavy atom. The van der Waals surface area contributed by atoms with Gasteiger partial charge < -0.3 is 11.1 Å². The van der Waals surface area contributed by atoms with Crippen LogP contribution in [0.25, 0.3) is 0 Å². The molecule has 4 nitrogen and oxygen atoms in total. The summed E-state index contributed by atoms with van der Waals surface area (Å²) >= 11 is 0. The lowest BCUT2D eigenvalue weighted by Gasteiger charge is -2.26. The number of nitrogens with one attached hydrogen (secondary N) is 1. The smallest absolute Gasteiger partial charge is 0.241 e. The molecule has 1 rings (SSSR count). The number of nitrogens with two attached hydrogens (primary N) is 1. The van der Waals surface area contributed by atoms with Gasteiger partial charge in [-0.1, -0.05) is 20.8 Å². The molecular weight excluding hydrogens is 202 g/mol. The SMILES string of the molecule is Cc1ccncc1NC(=O)C(N)C(C)(C)C. The molecule has 16 heavy (non-hydrogen) atoms. The first kappa shape index (κ1) is 12.6. The highest BCUT2D eigenvalue weighted by Gasteiger charge is 2.27. The molecule has 1 atom stereocenters. The second-order valence-electron chi connectivity index (χ2n) is 5.02. The average Bonchev–Trinajstić information content (AvgIpc) is 2.19. The van der Waals surface area contributed by atoms with Crippen molar-refractivity contribution in [3.8, 4) is 0 Å². The summed E-state index contributed by atoms with van der Waals surface area (Å²) < 4.78 is 0. The molecule has 88 valence electrons. The number of aryl methyl sites for hydroxylation is 1.